The minimum atomic E-state index is -0.0139. The van der Waals surface area contributed by atoms with Crippen molar-refractivity contribution < 1.29 is 21.9 Å². The Morgan fingerprint density at radius 1 is 1.33 bits per heavy atom. The summed E-state index contributed by atoms with van der Waals surface area (Å²) in [5, 5.41) is 0. The molecule has 0 atom stereocenters. The first-order chi connectivity index (χ1) is 3.43. The van der Waals surface area contributed by atoms with E-state index >= 15 is 0 Å². The van der Waals surface area contributed by atoms with Crippen molar-refractivity contribution in [3.05, 3.63) is 6.92 Å². The summed E-state index contributed by atoms with van der Waals surface area (Å²) in [7, 11) is 0. The van der Waals surface area contributed by atoms with Gasteiger partial charge in [-0.25, -0.2) is 0 Å². The Labute approximate surface area is 77.8 Å². The summed E-state index contributed by atoms with van der Waals surface area (Å²) in [5.74, 6) is 0. The molecule has 1 aliphatic heterocycles. The van der Waals surface area contributed by atoms with E-state index in [9.17, 15) is 0 Å². The van der Waals surface area contributed by atoms with Gasteiger partial charge in [-0.1, -0.05) is 0 Å². The van der Waals surface area contributed by atoms with Crippen LogP contribution in [-0.4, -0.2) is 42.6 Å². The SMILES string of the molecule is [CH2-]CC1OCCO1.[Cl-].[Mg+2]. The molecule has 1 saturated heterocycles. The van der Waals surface area contributed by atoms with E-state index in [0.29, 0.717) is 0 Å². The molecule has 1 fully saturated rings. The summed E-state index contributed by atoms with van der Waals surface area (Å²) in [6.07, 6.45) is 0.708. The molecule has 0 aliphatic carbocycles. The Morgan fingerprint density at radius 2 is 1.78 bits per heavy atom. The summed E-state index contributed by atoms with van der Waals surface area (Å²) in [5.41, 5.74) is 0. The van der Waals surface area contributed by atoms with Crippen molar-refractivity contribution in [1.29, 1.82) is 0 Å². The van der Waals surface area contributed by atoms with Crippen molar-refractivity contribution in [2.24, 2.45) is 0 Å². The number of hydrogen-bond acceptors (Lipinski definition) is 2. The molecule has 0 saturated carbocycles. The molecule has 0 aromatic carbocycles. The topological polar surface area (TPSA) is 18.5 Å². The summed E-state index contributed by atoms with van der Waals surface area (Å²) in [4.78, 5) is 0. The normalized spacial score (nSPS) is 18.3. The molecule has 2 nitrogen and oxygen atoms in total. The average Bonchev–Trinajstić information content (AvgIpc) is 2.14. The predicted molar refractivity (Wildman–Crippen MR) is 31.4 cm³/mol. The van der Waals surface area contributed by atoms with Gasteiger partial charge >= 0.3 is 23.1 Å². The first-order valence-electron chi connectivity index (χ1n) is 2.46. The molecular formula is C5H9ClMgO2. The van der Waals surface area contributed by atoms with Gasteiger partial charge in [0.2, 0.25) is 0 Å². The Balaban J connectivity index is 0. The molecule has 4 heteroatoms. The minimum Gasteiger partial charge on any atom is -1.00 e. The van der Waals surface area contributed by atoms with Gasteiger partial charge in [-0.2, -0.15) is 0 Å². The summed E-state index contributed by atoms with van der Waals surface area (Å²) in [6.45, 7) is 5.09. The van der Waals surface area contributed by atoms with E-state index in [1.165, 1.54) is 0 Å². The van der Waals surface area contributed by atoms with Crippen LogP contribution in [0.2, 0.25) is 0 Å². The molecule has 0 bridgehead atoms. The van der Waals surface area contributed by atoms with Gasteiger partial charge in [-0.15, -0.1) is 6.42 Å². The largest absolute Gasteiger partial charge is 2.00 e. The van der Waals surface area contributed by atoms with E-state index < -0.39 is 0 Å². The summed E-state index contributed by atoms with van der Waals surface area (Å²) in [6, 6.07) is 0. The van der Waals surface area contributed by atoms with Gasteiger partial charge in [0, 0.05) is 0 Å². The van der Waals surface area contributed by atoms with Gasteiger partial charge in [-0.05, 0) is 0 Å². The second-order valence-electron chi connectivity index (χ2n) is 1.46. The zero-order chi connectivity index (χ0) is 5.11. The maximum atomic E-state index is 5.02. The first kappa shape index (κ1) is 12.6. The molecule has 1 aliphatic rings. The Hall–Kier alpha value is 0.976. The third-order valence-corrected chi connectivity index (χ3v) is 0.927. The Kier molecular flexibility index (Phi) is 9.95. The fourth-order valence-corrected chi connectivity index (χ4v) is 0.574. The van der Waals surface area contributed by atoms with Crippen LogP contribution >= 0.6 is 0 Å². The number of hydrogen-bond donors (Lipinski definition) is 0. The molecule has 0 unspecified atom stereocenters. The average molecular weight is 161 g/mol. The van der Waals surface area contributed by atoms with Crippen LogP contribution in [-0.2, 0) is 9.47 Å². The maximum Gasteiger partial charge on any atom is 2.00 e. The van der Waals surface area contributed by atoms with Crippen LogP contribution in [0, 0.1) is 6.92 Å². The van der Waals surface area contributed by atoms with E-state index in [4.69, 9.17) is 9.47 Å². The van der Waals surface area contributed by atoms with Crippen LogP contribution in [0.3, 0.4) is 0 Å². The third-order valence-electron chi connectivity index (χ3n) is 0.927. The standard InChI is InChI=1S/C5H9O2.ClH.Mg/c1-2-5-6-3-4-7-5;;/h5H,1-4H2;1H;/q-1;;+2/p-1. The van der Waals surface area contributed by atoms with E-state index in [0.717, 1.165) is 19.6 Å². The molecule has 1 rings (SSSR count). The van der Waals surface area contributed by atoms with Crippen molar-refractivity contribution in [3.8, 4) is 0 Å². The van der Waals surface area contributed by atoms with Gasteiger partial charge in [0.05, 0.1) is 13.2 Å². The zero-order valence-corrected chi connectivity index (χ0v) is 7.48. The third kappa shape index (κ3) is 4.39. The van der Waals surface area contributed by atoms with Gasteiger partial charge in [0.1, 0.15) is 6.29 Å². The van der Waals surface area contributed by atoms with E-state index in [2.05, 4.69) is 6.92 Å². The number of rotatable bonds is 1. The Morgan fingerprint density at radius 3 is 2.00 bits per heavy atom. The van der Waals surface area contributed by atoms with Crippen LogP contribution in [0.5, 0.6) is 0 Å². The Bertz CT molecular complexity index is 56.9. The first-order valence-corrected chi connectivity index (χ1v) is 2.46. The smallest absolute Gasteiger partial charge is 1.00 e. The summed E-state index contributed by atoms with van der Waals surface area (Å²) < 4.78 is 10.0. The van der Waals surface area contributed by atoms with Crippen molar-refractivity contribution in [2.45, 2.75) is 12.7 Å². The van der Waals surface area contributed by atoms with Crippen molar-refractivity contribution >= 4 is 23.1 Å². The predicted octanol–water partition coefficient (Wildman–Crippen LogP) is -2.79. The van der Waals surface area contributed by atoms with Crippen LogP contribution in [0.25, 0.3) is 0 Å². The molecule has 0 amide bonds. The van der Waals surface area contributed by atoms with E-state index in [-0.39, 0.29) is 41.7 Å². The molecule has 0 radical (unpaired) electrons. The molecule has 0 aromatic rings. The molecule has 1 heterocycles. The fourth-order valence-electron chi connectivity index (χ4n) is 0.574. The molecule has 0 spiro atoms. The molecular weight excluding hydrogens is 152 g/mol. The summed E-state index contributed by atoms with van der Waals surface area (Å²) >= 11 is 0. The number of halogens is 1. The van der Waals surface area contributed by atoms with Gasteiger partial charge in [0.15, 0.2) is 0 Å². The molecule has 0 N–H and O–H groups in total. The molecule has 0 aromatic heterocycles. The van der Waals surface area contributed by atoms with Crippen LogP contribution in [0.4, 0.5) is 0 Å². The van der Waals surface area contributed by atoms with Crippen molar-refractivity contribution in [2.75, 3.05) is 13.2 Å². The van der Waals surface area contributed by atoms with Crippen molar-refractivity contribution in [3.63, 3.8) is 0 Å². The maximum absolute atomic E-state index is 5.02. The van der Waals surface area contributed by atoms with E-state index in [1.807, 2.05) is 0 Å². The van der Waals surface area contributed by atoms with Gasteiger partial charge in [-0.3, -0.25) is 0 Å². The fraction of sp³-hybridized carbons (Fsp3) is 0.800. The van der Waals surface area contributed by atoms with Crippen LogP contribution in [0.1, 0.15) is 6.42 Å². The van der Waals surface area contributed by atoms with Crippen molar-refractivity contribution in [1.82, 2.24) is 0 Å². The quantitative estimate of drug-likeness (QED) is 0.305. The van der Waals surface area contributed by atoms with Gasteiger partial charge in [0.25, 0.3) is 0 Å². The monoisotopic (exact) mass is 160 g/mol. The minimum absolute atomic E-state index is 0. The van der Waals surface area contributed by atoms with Crippen LogP contribution < -0.4 is 12.4 Å². The zero-order valence-electron chi connectivity index (χ0n) is 5.31. The molecule has 50 valence electrons. The molecule has 9 heavy (non-hydrogen) atoms. The van der Waals surface area contributed by atoms with Gasteiger partial charge < -0.3 is 28.8 Å². The van der Waals surface area contributed by atoms with E-state index in [1.54, 1.807) is 0 Å². The van der Waals surface area contributed by atoms with Crippen LogP contribution in [0.15, 0.2) is 0 Å². The number of ether oxygens (including phenoxy) is 2. The second kappa shape index (κ2) is 7.09. The second-order valence-corrected chi connectivity index (χ2v) is 1.46.